The van der Waals surface area contributed by atoms with E-state index in [4.69, 9.17) is 9.26 Å². The van der Waals surface area contributed by atoms with Gasteiger partial charge >= 0.3 is 6.03 Å². The lowest BCUT2D eigenvalue weighted by molar-refractivity contribution is 0.0408. The first-order chi connectivity index (χ1) is 12.7. The van der Waals surface area contributed by atoms with Crippen molar-refractivity contribution in [3.8, 4) is 11.3 Å². The van der Waals surface area contributed by atoms with Crippen LogP contribution < -0.4 is 0 Å². The van der Waals surface area contributed by atoms with Crippen molar-refractivity contribution < 1.29 is 14.1 Å². The molecule has 0 aliphatic carbocycles. The van der Waals surface area contributed by atoms with E-state index in [1.54, 1.807) is 12.5 Å². The molecule has 2 aliphatic heterocycles. The molecule has 0 aromatic carbocycles. The molecule has 0 bridgehead atoms. The van der Waals surface area contributed by atoms with Gasteiger partial charge in [0, 0.05) is 44.4 Å². The van der Waals surface area contributed by atoms with Crippen LogP contribution in [-0.4, -0.2) is 70.3 Å². The summed E-state index contributed by atoms with van der Waals surface area (Å²) in [5.74, 6) is 0.840. The van der Waals surface area contributed by atoms with Gasteiger partial charge in [-0.15, -0.1) is 0 Å². The Balaban J connectivity index is 1.54. The number of carbonyl (C=O) groups is 1. The highest BCUT2D eigenvalue weighted by atomic mass is 16.5. The van der Waals surface area contributed by atoms with E-state index in [1.807, 2.05) is 22.8 Å². The zero-order valence-corrected chi connectivity index (χ0v) is 14.9. The number of rotatable bonds is 2. The van der Waals surface area contributed by atoms with Crippen LogP contribution in [0, 0.1) is 6.92 Å². The van der Waals surface area contributed by atoms with E-state index >= 15 is 0 Å². The van der Waals surface area contributed by atoms with Gasteiger partial charge in [-0.3, -0.25) is 0 Å². The van der Waals surface area contributed by atoms with E-state index in [9.17, 15) is 4.79 Å². The van der Waals surface area contributed by atoms with Crippen molar-refractivity contribution in [2.24, 2.45) is 0 Å². The number of hydrogen-bond acceptors (Lipinski definition) is 6. The summed E-state index contributed by atoms with van der Waals surface area (Å²) in [6.07, 6.45) is 5.28. The van der Waals surface area contributed by atoms with Crippen LogP contribution in [0.5, 0.6) is 0 Å². The fourth-order valence-electron chi connectivity index (χ4n) is 3.67. The lowest BCUT2D eigenvalue weighted by Crippen LogP contribution is -2.50. The van der Waals surface area contributed by atoms with Crippen LogP contribution in [0.1, 0.15) is 30.1 Å². The number of aromatic nitrogens is 3. The maximum absolute atomic E-state index is 12.8. The summed E-state index contributed by atoms with van der Waals surface area (Å²) in [6, 6.07) is 1.99. The molecular weight excluding hydrogens is 334 g/mol. The number of likely N-dealkylation sites (tertiary alicyclic amines) is 1. The minimum absolute atomic E-state index is 0.101. The zero-order chi connectivity index (χ0) is 17.9. The van der Waals surface area contributed by atoms with E-state index in [-0.39, 0.29) is 11.9 Å². The number of morpholine rings is 1. The van der Waals surface area contributed by atoms with Gasteiger partial charge in [-0.1, -0.05) is 5.16 Å². The summed E-state index contributed by atoms with van der Waals surface area (Å²) in [5, 5.41) is 3.97. The average Bonchev–Trinajstić information content (AvgIpc) is 3.14. The number of nitrogens with zero attached hydrogens (tertiary/aromatic N) is 5. The number of urea groups is 1. The summed E-state index contributed by atoms with van der Waals surface area (Å²) >= 11 is 0. The van der Waals surface area contributed by atoms with Crippen LogP contribution >= 0.6 is 0 Å². The number of hydrogen-bond donors (Lipinski definition) is 0. The number of piperidine rings is 1. The Morgan fingerprint density at radius 3 is 2.85 bits per heavy atom. The van der Waals surface area contributed by atoms with Crippen molar-refractivity contribution in [2.45, 2.75) is 25.7 Å². The second-order valence-corrected chi connectivity index (χ2v) is 6.82. The number of amides is 2. The third-order valence-corrected chi connectivity index (χ3v) is 5.00. The molecule has 2 amide bonds. The summed E-state index contributed by atoms with van der Waals surface area (Å²) in [7, 11) is 0. The van der Waals surface area contributed by atoms with Gasteiger partial charge < -0.3 is 19.1 Å². The maximum atomic E-state index is 12.8. The van der Waals surface area contributed by atoms with Gasteiger partial charge in [0.15, 0.2) is 5.76 Å². The Hall–Kier alpha value is -2.48. The van der Waals surface area contributed by atoms with E-state index in [2.05, 4.69) is 15.1 Å². The van der Waals surface area contributed by atoms with E-state index in [1.165, 1.54) is 0 Å². The average molecular weight is 357 g/mol. The molecule has 0 unspecified atom stereocenters. The molecular formula is C18H23N5O3. The van der Waals surface area contributed by atoms with Crippen LogP contribution in [0.15, 0.2) is 23.1 Å². The molecule has 2 fully saturated rings. The van der Waals surface area contributed by atoms with Crippen molar-refractivity contribution in [1.82, 2.24) is 24.9 Å². The van der Waals surface area contributed by atoms with Gasteiger partial charge in [0.1, 0.15) is 6.33 Å². The first-order valence-electron chi connectivity index (χ1n) is 9.07. The molecule has 2 aromatic heterocycles. The quantitative estimate of drug-likeness (QED) is 0.818. The molecule has 26 heavy (non-hydrogen) atoms. The Bertz CT molecular complexity index is 772. The lowest BCUT2D eigenvalue weighted by atomic mass is 9.91. The van der Waals surface area contributed by atoms with Crippen LogP contribution in [0.2, 0.25) is 0 Å². The Labute approximate surface area is 152 Å². The summed E-state index contributed by atoms with van der Waals surface area (Å²) in [5.41, 5.74) is 2.61. The standard InChI is InChI=1S/C18H23N5O3/c1-13-9-16(26-21-13)15-10-19-12-20-17(15)14-3-2-4-23(11-14)18(24)22-5-7-25-8-6-22/h9-10,12,14H,2-8,11H2,1H3/t14-/m1/s1. The first-order valence-corrected chi connectivity index (χ1v) is 9.07. The molecule has 1 atom stereocenters. The Kier molecular flexibility index (Phi) is 4.83. The lowest BCUT2D eigenvalue weighted by Gasteiger charge is -2.37. The molecule has 8 nitrogen and oxygen atoms in total. The predicted octanol–water partition coefficient (Wildman–Crippen LogP) is 2.07. The third kappa shape index (κ3) is 3.41. The van der Waals surface area contributed by atoms with Crippen molar-refractivity contribution in [2.75, 3.05) is 39.4 Å². The highest BCUT2D eigenvalue weighted by Crippen LogP contribution is 2.33. The second-order valence-electron chi connectivity index (χ2n) is 6.82. The molecule has 0 N–H and O–H groups in total. The first kappa shape index (κ1) is 17.0. The Morgan fingerprint density at radius 2 is 2.08 bits per heavy atom. The summed E-state index contributed by atoms with van der Waals surface area (Å²) in [6.45, 7) is 5.89. The highest BCUT2D eigenvalue weighted by Gasteiger charge is 2.31. The smallest absolute Gasteiger partial charge is 0.320 e. The van der Waals surface area contributed by atoms with Crippen LogP contribution in [0.3, 0.4) is 0 Å². The minimum Gasteiger partial charge on any atom is -0.378 e. The third-order valence-electron chi connectivity index (χ3n) is 5.00. The molecule has 2 aromatic rings. The SMILES string of the molecule is Cc1cc(-c2cncnc2[C@@H]2CCCN(C(=O)N3CCOCC3)C2)on1. The van der Waals surface area contributed by atoms with E-state index < -0.39 is 0 Å². The fraction of sp³-hybridized carbons (Fsp3) is 0.556. The van der Waals surface area contributed by atoms with Crippen molar-refractivity contribution in [3.63, 3.8) is 0 Å². The van der Waals surface area contributed by atoms with Gasteiger partial charge in [-0.2, -0.15) is 0 Å². The zero-order valence-electron chi connectivity index (χ0n) is 14.9. The molecule has 0 spiro atoms. The predicted molar refractivity (Wildman–Crippen MR) is 93.6 cm³/mol. The van der Waals surface area contributed by atoms with Crippen molar-refractivity contribution in [1.29, 1.82) is 0 Å². The summed E-state index contributed by atoms with van der Waals surface area (Å²) < 4.78 is 10.8. The molecule has 8 heteroatoms. The van der Waals surface area contributed by atoms with Gasteiger partial charge in [-0.25, -0.2) is 14.8 Å². The van der Waals surface area contributed by atoms with Crippen LogP contribution in [-0.2, 0) is 4.74 Å². The molecule has 2 saturated heterocycles. The monoisotopic (exact) mass is 357 g/mol. The molecule has 2 aliphatic rings. The second kappa shape index (κ2) is 7.41. The van der Waals surface area contributed by atoms with Crippen molar-refractivity contribution in [3.05, 3.63) is 30.0 Å². The summed E-state index contributed by atoms with van der Waals surface area (Å²) in [4.78, 5) is 25.3. The molecule has 0 radical (unpaired) electrons. The Morgan fingerprint density at radius 1 is 1.23 bits per heavy atom. The highest BCUT2D eigenvalue weighted by molar-refractivity contribution is 5.75. The largest absolute Gasteiger partial charge is 0.378 e. The van der Waals surface area contributed by atoms with E-state index in [0.29, 0.717) is 38.6 Å². The number of carbonyl (C=O) groups excluding carboxylic acids is 1. The minimum atomic E-state index is 0.101. The van der Waals surface area contributed by atoms with Crippen molar-refractivity contribution >= 4 is 6.03 Å². The maximum Gasteiger partial charge on any atom is 0.320 e. The van der Waals surface area contributed by atoms with E-state index in [0.717, 1.165) is 36.3 Å². The normalized spacial score (nSPS) is 21.0. The van der Waals surface area contributed by atoms with Gasteiger partial charge in [0.05, 0.1) is 30.2 Å². The number of aryl methyl sites for hydroxylation is 1. The van der Waals surface area contributed by atoms with Gasteiger partial charge in [0.25, 0.3) is 0 Å². The van der Waals surface area contributed by atoms with Gasteiger partial charge in [0.2, 0.25) is 0 Å². The topological polar surface area (TPSA) is 84.6 Å². The fourth-order valence-corrected chi connectivity index (χ4v) is 3.67. The van der Waals surface area contributed by atoms with Crippen LogP contribution in [0.25, 0.3) is 11.3 Å². The molecule has 138 valence electrons. The molecule has 0 saturated carbocycles. The van der Waals surface area contributed by atoms with Gasteiger partial charge in [-0.05, 0) is 19.8 Å². The number of ether oxygens (including phenoxy) is 1. The molecule has 4 rings (SSSR count). The molecule has 4 heterocycles. The van der Waals surface area contributed by atoms with Crippen LogP contribution in [0.4, 0.5) is 4.79 Å².